The molecule has 0 spiro atoms. The Bertz CT molecular complexity index is 493. The van der Waals surface area contributed by atoms with E-state index in [9.17, 15) is 15.0 Å². The molecule has 1 aromatic carbocycles. The zero-order valence-corrected chi connectivity index (χ0v) is 10.6. The Labute approximate surface area is 106 Å². The minimum atomic E-state index is -0.792. The van der Waals surface area contributed by atoms with Crippen LogP contribution in [0.1, 0.15) is 45.6 Å². The fourth-order valence-electron chi connectivity index (χ4n) is 2.76. The van der Waals surface area contributed by atoms with E-state index in [2.05, 4.69) is 0 Å². The minimum absolute atomic E-state index is 0.0288. The Morgan fingerprint density at radius 1 is 1.33 bits per heavy atom. The summed E-state index contributed by atoms with van der Waals surface area (Å²) in [6.45, 7) is 3.33. The van der Waals surface area contributed by atoms with Gasteiger partial charge >= 0.3 is 0 Å². The van der Waals surface area contributed by atoms with E-state index in [0.717, 1.165) is 11.1 Å². The molecule has 0 saturated carbocycles. The summed E-state index contributed by atoms with van der Waals surface area (Å²) in [5.41, 5.74) is 3.44. The molecule has 1 aromatic rings. The quantitative estimate of drug-likeness (QED) is 0.744. The van der Waals surface area contributed by atoms with Gasteiger partial charge in [0.2, 0.25) is 0 Å². The summed E-state index contributed by atoms with van der Waals surface area (Å²) in [6, 6.07) is 1.69. The van der Waals surface area contributed by atoms with Crippen LogP contribution in [0.2, 0.25) is 0 Å². The maximum absolute atomic E-state index is 12.1. The van der Waals surface area contributed by atoms with Crippen molar-refractivity contribution in [3.63, 3.8) is 0 Å². The van der Waals surface area contributed by atoms with E-state index in [0.29, 0.717) is 23.1 Å². The first-order chi connectivity index (χ1) is 8.52. The lowest BCUT2D eigenvalue weighted by atomic mass is 9.91. The van der Waals surface area contributed by atoms with Crippen LogP contribution in [0.5, 0.6) is 0 Å². The first-order valence-electron chi connectivity index (χ1n) is 6.12. The van der Waals surface area contributed by atoms with Gasteiger partial charge in [-0.3, -0.25) is 4.79 Å². The summed E-state index contributed by atoms with van der Waals surface area (Å²) in [5, 5.41) is 28.5. The lowest BCUT2D eigenvalue weighted by Crippen LogP contribution is -2.09. The molecule has 98 valence electrons. The summed E-state index contributed by atoms with van der Waals surface area (Å²) >= 11 is 0. The van der Waals surface area contributed by atoms with Crippen molar-refractivity contribution in [3.8, 4) is 0 Å². The van der Waals surface area contributed by atoms with Crippen LogP contribution in [0.3, 0.4) is 0 Å². The van der Waals surface area contributed by atoms with E-state index in [4.69, 9.17) is 5.11 Å². The number of aliphatic hydroxyl groups excluding tert-OH is 3. The molecule has 18 heavy (non-hydrogen) atoms. The van der Waals surface area contributed by atoms with E-state index in [-0.39, 0.29) is 19.0 Å². The van der Waals surface area contributed by atoms with Crippen molar-refractivity contribution in [1.82, 2.24) is 0 Å². The zero-order chi connectivity index (χ0) is 13.4. The first kappa shape index (κ1) is 13.2. The predicted octanol–water partition coefficient (Wildman–Crippen LogP) is 0.888. The van der Waals surface area contributed by atoms with Crippen LogP contribution in [0.25, 0.3) is 0 Å². The zero-order valence-electron chi connectivity index (χ0n) is 10.6. The average molecular weight is 250 g/mol. The molecule has 0 unspecified atom stereocenters. The highest BCUT2D eigenvalue weighted by molar-refractivity contribution is 6.04. The van der Waals surface area contributed by atoms with Gasteiger partial charge in [0.15, 0.2) is 5.78 Å². The van der Waals surface area contributed by atoms with Crippen molar-refractivity contribution >= 4 is 5.78 Å². The standard InChI is InChI=1S/C14H18O4/c1-7-10(3-4-15)9(6-16)5-11-12(7)14(18)8(2)13(11)17/h5,8,13,15-17H,3-4,6H2,1-2H3/t8-,13-/m0/s1. The molecule has 0 amide bonds. The number of ketones is 1. The third-order valence-corrected chi connectivity index (χ3v) is 3.82. The van der Waals surface area contributed by atoms with E-state index in [1.807, 2.05) is 6.92 Å². The third-order valence-electron chi connectivity index (χ3n) is 3.82. The molecule has 3 N–H and O–H groups in total. The Balaban J connectivity index is 2.66. The highest BCUT2D eigenvalue weighted by Crippen LogP contribution is 2.39. The highest BCUT2D eigenvalue weighted by atomic mass is 16.3. The SMILES string of the molecule is Cc1c(CCO)c(CO)cc2c1C(=O)[C@@H](C)[C@@H]2O. The second-order valence-corrected chi connectivity index (χ2v) is 4.83. The lowest BCUT2D eigenvalue weighted by Gasteiger charge is -2.15. The van der Waals surface area contributed by atoms with Gasteiger partial charge in [0.1, 0.15) is 0 Å². The van der Waals surface area contributed by atoms with Gasteiger partial charge in [0.05, 0.1) is 12.7 Å². The number of carbonyl (C=O) groups is 1. The number of carbonyl (C=O) groups excluding carboxylic acids is 1. The molecule has 4 nitrogen and oxygen atoms in total. The van der Waals surface area contributed by atoms with Crippen LogP contribution in [0, 0.1) is 12.8 Å². The molecule has 1 aliphatic rings. The molecule has 0 bridgehead atoms. The van der Waals surface area contributed by atoms with Crippen LogP contribution >= 0.6 is 0 Å². The van der Waals surface area contributed by atoms with Crippen LogP contribution in [0.15, 0.2) is 6.07 Å². The van der Waals surface area contributed by atoms with Crippen molar-refractivity contribution in [2.45, 2.75) is 33.0 Å². The van der Waals surface area contributed by atoms with Crippen molar-refractivity contribution in [2.75, 3.05) is 6.61 Å². The molecule has 0 radical (unpaired) electrons. The average Bonchev–Trinajstić information content (AvgIpc) is 2.57. The molecule has 0 aromatic heterocycles. The molecular weight excluding hydrogens is 232 g/mol. The van der Waals surface area contributed by atoms with E-state index in [1.165, 1.54) is 0 Å². The summed E-state index contributed by atoms with van der Waals surface area (Å²) in [5.74, 6) is -0.492. The summed E-state index contributed by atoms with van der Waals surface area (Å²) in [7, 11) is 0. The third kappa shape index (κ3) is 1.77. The molecule has 0 aliphatic heterocycles. The van der Waals surface area contributed by atoms with Crippen LogP contribution in [-0.4, -0.2) is 27.7 Å². The number of hydrogen-bond acceptors (Lipinski definition) is 4. The number of Topliss-reactive ketones (excluding diaryl/α,β-unsaturated/α-hetero) is 1. The van der Waals surface area contributed by atoms with Crippen LogP contribution in [-0.2, 0) is 13.0 Å². The smallest absolute Gasteiger partial charge is 0.169 e. The summed E-state index contributed by atoms with van der Waals surface area (Å²) < 4.78 is 0. The molecule has 0 heterocycles. The van der Waals surface area contributed by atoms with Gasteiger partial charge in [-0.25, -0.2) is 0 Å². The number of hydrogen-bond donors (Lipinski definition) is 3. The fraction of sp³-hybridized carbons (Fsp3) is 0.500. The first-order valence-corrected chi connectivity index (χ1v) is 6.12. The van der Waals surface area contributed by atoms with E-state index >= 15 is 0 Å². The fourth-order valence-corrected chi connectivity index (χ4v) is 2.76. The number of rotatable bonds is 3. The Morgan fingerprint density at radius 2 is 2.00 bits per heavy atom. The molecule has 0 saturated heterocycles. The van der Waals surface area contributed by atoms with Gasteiger partial charge in [-0.15, -0.1) is 0 Å². The number of benzene rings is 1. The maximum atomic E-state index is 12.1. The van der Waals surface area contributed by atoms with E-state index < -0.39 is 12.0 Å². The monoisotopic (exact) mass is 250 g/mol. The summed E-state index contributed by atoms with van der Waals surface area (Å²) in [6.07, 6.45) is -0.382. The minimum Gasteiger partial charge on any atom is -0.396 e. The van der Waals surface area contributed by atoms with Crippen molar-refractivity contribution < 1.29 is 20.1 Å². The van der Waals surface area contributed by atoms with Gasteiger partial charge in [-0.05, 0) is 41.7 Å². The van der Waals surface area contributed by atoms with Crippen LogP contribution < -0.4 is 0 Å². The second-order valence-electron chi connectivity index (χ2n) is 4.83. The van der Waals surface area contributed by atoms with Crippen molar-refractivity contribution in [2.24, 2.45) is 5.92 Å². The molecule has 2 rings (SSSR count). The van der Waals surface area contributed by atoms with Crippen molar-refractivity contribution in [3.05, 3.63) is 33.9 Å². The molecule has 4 heteroatoms. The van der Waals surface area contributed by atoms with Crippen LogP contribution in [0.4, 0.5) is 0 Å². The van der Waals surface area contributed by atoms with Gasteiger partial charge in [0.25, 0.3) is 0 Å². The Hall–Kier alpha value is -1.23. The van der Waals surface area contributed by atoms with E-state index in [1.54, 1.807) is 13.0 Å². The number of fused-ring (bicyclic) bond motifs is 1. The predicted molar refractivity (Wildman–Crippen MR) is 66.3 cm³/mol. The lowest BCUT2D eigenvalue weighted by molar-refractivity contribution is 0.0790. The van der Waals surface area contributed by atoms with Gasteiger partial charge in [-0.2, -0.15) is 0 Å². The largest absolute Gasteiger partial charge is 0.396 e. The topological polar surface area (TPSA) is 77.8 Å². The van der Waals surface area contributed by atoms with Gasteiger partial charge in [-0.1, -0.05) is 6.92 Å². The molecular formula is C14H18O4. The number of aliphatic hydroxyl groups is 3. The maximum Gasteiger partial charge on any atom is 0.169 e. The molecule has 2 atom stereocenters. The molecule has 0 fully saturated rings. The van der Waals surface area contributed by atoms with Crippen molar-refractivity contribution in [1.29, 1.82) is 0 Å². The Morgan fingerprint density at radius 3 is 2.56 bits per heavy atom. The van der Waals surface area contributed by atoms with Gasteiger partial charge < -0.3 is 15.3 Å². The van der Waals surface area contributed by atoms with Gasteiger partial charge in [0, 0.05) is 18.1 Å². The Kier molecular flexibility index (Phi) is 3.52. The second kappa shape index (κ2) is 4.80. The highest BCUT2D eigenvalue weighted by Gasteiger charge is 2.37. The molecule has 1 aliphatic carbocycles. The summed E-state index contributed by atoms with van der Waals surface area (Å²) in [4.78, 5) is 12.1. The normalized spacial score (nSPS) is 22.4.